The number of likely N-dealkylation sites (N-methyl/N-ethyl adjacent to an activating group) is 1. The van der Waals surface area contributed by atoms with Gasteiger partial charge in [0.1, 0.15) is 6.04 Å². The number of benzene rings is 2. The monoisotopic (exact) mass is 459 g/mol. The van der Waals surface area contributed by atoms with Gasteiger partial charge in [-0.2, -0.15) is 4.31 Å². The van der Waals surface area contributed by atoms with Crippen molar-refractivity contribution in [2.24, 2.45) is 0 Å². The summed E-state index contributed by atoms with van der Waals surface area (Å²) >= 11 is 0. The lowest BCUT2D eigenvalue weighted by Gasteiger charge is -2.31. The molecule has 0 saturated carbocycles. The molecule has 0 bridgehead atoms. The Labute approximate surface area is 191 Å². The third kappa shape index (κ3) is 6.64. The Morgan fingerprint density at radius 2 is 1.59 bits per heavy atom. The Kier molecular flexibility index (Phi) is 8.98. The zero-order valence-electron chi connectivity index (χ0n) is 19.4. The van der Waals surface area contributed by atoms with Crippen LogP contribution in [0.25, 0.3) is 0 Å². The summed E-state index contributed by atoms with van der Waals surface area (Å²) in [5, 5.41) is 2.90. The number of nitrogens with one attached hydrogen (secondary N) is 1. The highest BCUT2D eigenvalue weighted by molar-refractivity contribution is 7.89. The van der Waals surface area contributed by atoms with Gasteiger partial charge in [-0.15, -0.1) is 0 Å². The Bertz CT molecular complexity index is 1010. The largest absolute Gasteiger partial charge is 0.352 e. The molecule has 0 saturated heterocycles. The maximum absolute atomic E-state index is 13.2. The predicted octanol–water partition coefficient (Wildman–Crippen LogP) is 2.95. The summed E-state index contributed by atoms with van der Waals surface area (Å²) in [6.45, 7) is 7.23. The van der Waals surface area contributed by atoms with Crippen LogP contribution in [0.5, 0.6) is 0 Å². The average Bonchev–Trinajstić information content (AvgIpc) is 2.77. The summed E-state index contributed by atoms with van der Waals surface area (Å²) in [6, 6.07) is 15.0. The predicted molar refractivity (Wildman–Crippen MR) is 125 cm³/mol. The molecule has 0 fully saturated rings. The molecule has 1 N–H and O–H groups in total. The summed E-state index contributed by atoms with van der Waals surface area (Å²) in [4.78, 5) is 27.5. The fourth-order valence-electron chi connectivity index (χ4n) is 3.08. The molecule has 174 valence electrons. The van der Waals surface area contributed by atoms with Crippen molar-refractivity contribution < 1.29 is 18.0 Å². The van der Waals surface area contributed by atoms with E-state index in [2.05, 4.69) is 5.32 Å². The van der Waals surface area contributed by atoms with Gasteiger partial charge in [-0.3, -0.25) is 9.59 Å². The SMILES string of the molecule is CC[C@H](C)NC(=O)[C@@H](C)N(Cc1ccccc1)C(=O)CN(C)S(=O)(=O)c1ccc(C)cc1. The van der Waals surface area contributed by atoms with Gasteiger partial charge in [0.15, 0.2) is 0 Å². The molecule has 0 aliphatic rings. The lowest BCUT2D eigenvalue weighted by molar-refractivity contribution is -0.140. The van der Waals surface area contributed by atoms with Crippen LogP contribution in [0.1, 0.15) is 38.3 Å². The number of sulfonamides is 1. The van der Waals surface area contributed by atoms with Crippen LogP contribution in [0.4, 0.5) is 0 Å². The van der Waals surface area contributed by atoms with Crippen molar-refractivity contribution in [1.82, 2.24) is 14.5 Å². The van der Waals surface area contributed by atoms with E-state index in [1.807, 2.05) is 51.1 Å². The first-order chi connectivity index (χ1) is 15.1. The molecule has 0 aliphatic carbocycles. The molecular weight excluding hydrogens is 426 g/mol. The molecule has 2 amide bonds. The minimum atomic E-state index is -3.84. The summed E-state index contributed by atoms with van der Waals surface area (Å²) in [5.41, 5.74) is 1.80. The van der Waals surface area contributed by atoms with Crippen LogP contribution in [0.15, 0.2) is 59.5 Å². The topological polar surface area (TPSA) is 86.8 Å². The molecular formula is C24H33N3O4S. The van der Waals surface area contributed by atoms with Crippen molar-refractivity contribution in [1.29, 1.82) is 0 Å². The van der Waals surface area contributed by atoms with E-state index in [-0.39, 0.29) is 29.9 Å². The van der Waals surface area contributed by atoms with Crippen molar-refractivity contribution in [2.75, 3.05) is 13.6 Å². The van der Waals surface area contributed by atoms with Gasteiger partial charge in [0.05, 0.1) is 11.4 Å². The number of hydrogen-bond donors (Lipinski definition) is 1. The first-order valence-electron chi connectivity index (χ1n) is 10.7. The maximum Gasteiger partial charge on any atom is 0.243 e. The van der Waals surface area contributed by atoms with Crippen molar-refractivity contribution >= 4 is 21.8 Å². The summed E-state index contributed by atoms with van der Waals surface area (Å²) in [5.74, 6) is -0.716. The lowest BCUT2D eigenvalue weighted by Crippen LogP contribution is -2.51. The molecule has 2 rings (SSSR count). The van der Waals surface area contributed by atoms with E-state index < -0.39 is 22.0 Å². The van der Waals surface area contributed by atoms with Crippen LogP contribution in [0.2, 0.25) is 0 Å². The van der Waals surface area contributed by atoms with Crippen LogP contribution in [0.3, 0.4) is 0 Å². The van der Waals surface area contributed by atoms with Crippen molar-refractivity contribution in [3.63, 3.8) is 0 Å². The van der Waals surface area contributed by atoms with Gasteiger partial charge >= 0.3 is 0 Å². The fourth-order valence-corrected chi connectivity index (χ4v) is 4.21. The number of aryl methyl sites for hydroxylation is 1. The van der Waals surface area contributed by atoms with E-state index in [9.17, 15) is 18.0 Å². The Hall–Kier alpha value is -2.71. The number of rotatable bonds is 10. The second-order valence-corrected chi connectivity index (χ2v) is 10.1. The minimum Gasteiger partial charge on any atom is -0.352 e. The van der Waals surface area contributed by atoms with Gasteiger partial charge in [0.2, 0.25) is 21.8 Å². The van der Waals surface area contributed by atoms with E-state index in [4.69, 9.17) is 0 Å². The zero-order valence-corrected chi connectivity index (χ0v) is 20.2. The zero-order chi connectivity index (χ0) is 23.9. The fraction of sp³-hybridized carbons (Fsp3) is 0.417. The quantitative estimate of drug-likeness (QED) is 0.592. The Balaban J connectivity index is 2.24. The second-order valence-electron chi connectivity index (χ2n) is 8.08. The summed E-state index contributed by atoms with van der Waals surface area (Å²) in [6.07, 6.45) is 0.766. The normalized spacial score (nSPS) is 13.4. The molecule has 2 aromatic carbocycles. The van der Waals surface area contributed by atoms with E-state index in [1.54, 1.807) is 19.1 Å². The van der Waals surface area contributed by atoms with Gasteiger partial charge in [-0.25, -0.2) is 8.42 Å². The van der Waals surface area contributed by atoms with Crippen LogP contribution in [-0.2, 0) is 26.2 Å². The number of carbonyl (C=O) groups is 2. The van der Waals surface area contributed by atoms with Crippen molar-refractivity contribution in [2.45, 2.75) is 57.6 Å². The molecule has 0 spiro atoms. The Morgan fingerprint density at radius 1 is 1.00 bits per heavy atom. The number of hydrogen-bond acceptors (Lipinski definition) is 4. The van der Waals surface area contributed by atoms with Gasteiger partial charge in [0, 0.05) is 19.6 Å². The molecule has 0 unspecified atom stereocenters. The molecule has 0 aliphatic heterocycles. The van der Waals surface area contributed by atoms with Crippen molar-refractivity contribution in [3.05, 3.63) is 65.7 Å². The molecule has 32 heavy (non-hydrogen) atoms. The number of nitrogens with zero attached hydrogens (tertiary/aromatic N) is 2. The first-order valence-corrected chi connectivity index (χ1v) is 12.2. The maximum atomic E-state index is 13.2. The summed E-state index contributed by atoms with van der Waals surface area (Å²) < 4.78 is 26.9. The first kappa shape index (κ1) is 25.5. The third-order valence-corrected chi connectivity index (χ3v) is 7.27. The molecule has 8 heteroatoms. The Morgan fingerprint density at radius 3 is 2.16 bits per heavy atom. The third-order valence-electron chi connectivity index (χ3n) is 5.45. The van der Waals surface area contributed by atoms with E-state index >= 15 is 0 Å². The number of amides is 2. The molecule has 2 aromatic rings. The van der Waals surface area contributed by atoms with E-state index in [1.165, 1.54) is 24.1 Å². The van der Waals surface area contributed by atoms with Crippen molar-refractivity contribution in [3.8, 4) is 0 Å². The van der Waals surface area contributed by atoms with Gasteiger partial charge in [0.25, 0.3) is 0 Å². The van der Waals surface area contributed by atoms with Gasteiger partial charge < -0.3 is 10.2 Å². The molecule has 0 aromatic heterocycles. The van der Waals surface area contributed by atoms with E-state index in [0.29, 0.717) is 0 Å². The van der Waals surface area contributed by atoms with Crippen LogP contribution in [-0.4, -0.2) is 55.1 Å². The standard InChI is InChI=1S/C24H33N3O4S/c1-6-19(3)25-24(29)20(4)27(16-21-10-8-7-9-11-21)23(28)17-26(5)32(30,31)22-14-12-18(2)13-15-22/h7-15,19-20H,6,16-17H2,1-5H3,(H,25,29)/t19-,20+/m0/s1. The summed E-state index contributed by atoms with van der Waals surface area (Å²) in [7, 11) is -2.47. The lowest BCUT2D eigenvalue weighted by atomic mass is 10.1. The second kappa shape index (κ2) is 11.2. The molecule has 2 atom stereocenters. The minimum absolute atomic E-state index is 0.0248. The van der Waals surface area contributed by atoms with Gasteiger partial charge in [-0.1, -0.05) is 55.0 Å². The highest BCUT2D eigenvalue weighted by atomic mass is 32.2. The van der Waals surface area contributed by atoms with Crippen LogP contribution in [0, 0.1) is 6.92 Å². The number of carbonyl (C=O) groups excluding carboxylic acids is 2. The van der Waals surface area contributed by atoms with Crippen LogP contribution < -0.4 is 5.32 Å². The smallest absolute Gasteiger partial charge is 0.243 e. The average molecular weight is 460 g/mol. The molecule has 0 radical (unpaired) electrons. The van der Waals surface area contributed by atoms with Gasteiger partial charge in [-0.05, 0) is 44.9 Å². The molecule has 0 heterocycles. The highest BCUT2D eigenvalue weighted by Gasteiger charge is 2.30. The van der Waals surface area contributed by atoms with E-state index in [0.717, 1.165) is 21.9 Å². The highest BCUT2D eigenvalue weighted by Crippen LogP contribution is 2.16. The molecule has 7 nitrogen and oxygen atoms in total. The van der Waals surface area contributed by atoms with Crippen LogP contribution >= 0.6 is 0 Å².